The third-order valence-corrected chi connectivity index (χ3v) is 2.77. The van der Waals surface area contributed by atoms with Crippen molar-refractivity contribution in [3.8, 4) is 11.5 Å². The van der Waals surface area contributed by atoms with Crippen LogP contribution in [0, 0.1) is 5.82 Å². The highest BCUT2D eigenvalue weighted by Crippen LogP contribution is 2.37. The molecule has 1 aromatic rings. The van der Waals surface area contributed by atoms with Gasteiger partial charge >= 0.3 is 0 Å². The molecule has 0 aromatic heterocycles. The number of hydrogen-bond donors (Lipinski definition) is 1. The van der Waals surface area contributed by atoms with Gasteiger partial charge in [-0.25, -0.2) is 4.39 Å². The predicted octanol–water partition coefficient (Wildman–Crippen LogP) is 2.14. The molecule has 1 aliphatic carbocycles. The highest BCUT2D eigenvalue weighted by Gasteiger charge is 2.26. The quantitative estimate of drug-likeness (QED) is 0.825. The van der Waals surface area contributed by atoms with Gasteiger partial charge in [-0.3, -0.25) is 0 Å². The fraction of sp³-hybridized carbons (Fsp3) is 0.538. The van der Waals surface area contributed by atoms with Crippen LogP contribution in [0.15, 0.2) is 12.1 Å². The van der Waals surface area contributed by atoms with E-state index >= 15 is 0 Å². The molecule has 0 bridgehead atoms. The van der Waals surface area contributed by atoms with Gasteiger partial charge in [0.15, 0.2) is 11.5 Å². The summed E-state index contributed by atoms with van der Waals surface area (Å²) in [5.74, 6) is 0.908. The maximum absolute atomic E-state index is 13.4. The van der Waals surface area contributed by atoms with Crippen molar-refractivity contribution >= 4 is 0 Å². The Balaban J connectivity index is 2.26. The van der Waals surface area contributed by atoms with Gasteiger partial charge in [0, 0.05) is 11.6 Å². The maximum atomic E-state index is 13.4. The van der Waals surface area contributed by atoms with Gasteiger partial charge in [0.25, 0.3) is 0 Å². The van der Waals surface area contributed by atoms with Crippen LogP contribution in [0.4, 0.5) is 4.39 Å². The van der Waals surface area contributed by atoms with Crippen molar-refractivity contribution in [1.29, 1.82) is 0 Å². The lowest BCUT2D eigenvalue weighted by atomic mass is 10.1. The molecule has 0 radical (unpaired) electrons. The molecule has 94 valence electrons. The Bertz CT molecular complexity index is 391. The van der Waals surface area contributed by atoms with E-state index in [1.54, 1.807) is 0 Å². The summed E-state index contributed by atoms with van der Waals surface area (Å²) >= 11 is 0. The van der Waals surface area contributed by atoms with Gasteiger partial charge < -0.3 is 14.8 Å². The second-order valence-corrected chi connectivity index (χ2v) is 4.27. The third-order valence-electron chi connectivity index (χ3n) is 2.77. The highest BCUT2D eigenvalue weighted by atomic mass is 19.1. The van der Waals surface area contributed by atoms with Crippen molar-refractivity contribution in [2.45, 2.75) is 25.4 Å². The molecule has 1 fully saturated rings. The van der Waals surface area contributed by atoms with Crippen LogP contribution in [-0.2, 0) is 6.42 Å². The van der Waals surface area contributed by atoms with Crippen LogP contribution in [0.2, 0.25) is 0 Å². The molecule has 0 atom stereocenters. The molecule has 0 heterocycles. The minimum absolute atomic E-state index is 0.280. The number of halogens is 1. The van der Waals surface area contributed by atoms with Gasteiger partial charge in [0.2, 0.25) is 0 Å². The SMILES string of the molecule is CNCCc1cc(F)cc(OC)c1OC1CC1. The number of ether oxygens (including phenoxy) is 2. The first-order valence-electron chi connectivity index (χ1n) is 5.92. The van der Waals surface area contributed by atoms with Gasteiger partial charge in [-0.1, -0.05) is 0 Å². The van der Waals surface area contributed by atoms with E-state index in [9.17, 15) is 4.39 Å². The summed E-state index contributed by atoms with van der Waals surface area (Å²) in [6.45, 7) is 0.785. The number of methoxy groups -OCH3 is 1. The normalized spacial score (nSPS) is 14.8. The molecule has 0 spiro atoms. The van der Waals surface area contributed by atoms with Crippen molar-refractivity contribution in [3.63, 3.8) is 0 Å². The molecule has 1 aliphatic rings. The number of rotatable bonds is 6. The lowest BCUT2D eigenvalue weighted by Crippen LogP contribution is -2.12. The Morgan fingerprint density at radius 3 is 2.76 bits per heavy atom. The van der Waals surface area contributed by atoms with E-state index in [0.29, 0.717) is 11.5 Å². The lowest BCUT2D eigenvalue weighted by Gasteiger charge is -2.15. The highest BCUT2D eigenvalue weighted by molar-refractivity contribution is 5.47. The smallest absolute Gasteiger partial charge is 0.165 e. The Hall–Kier alpha value is -1.29. The zero-order chi connectivity index (χ0) is 12.3. The summed E-state index contributed by atoms with van der Waals surface area (Å²) in [7, 11) is 3.41. The maximum Gasteiger partial charge on any atom is 0.165 e. The Morgan fingerprint density at radius 2 is 2.18 bits per heavy atom. The Labute approximate surface area is 101 Å². The molecule has 17 heavy (non-hydrogen) atoms. The number of nitrogens with one attached hydrogen (secondary N) is 1. The molecule has 0 unspecified atom stereocenters. The standard InChI is InChI=1S/C13H18FNO2/c1-15-6-5-9-7-10(14)8-12(16-2)13(9)17-11-3-4-11/h7-8,11,15H,3-6H2,1-2H3. The van der Waals surface area contributed by atoms with Crippen LogP contribution in [0.3, 0.4) is 0 Å². The topological polar surface area (TPSA) is 30.5 Å². The Morgan fingerprint density at radius 1 is 1.41 bits per heavy atom. The summed E-state index contributed by atoms with van der Waals surface area (Å²) in [5.41, 5.74) is 0.864. The zero-order valence-corrected chi connectivity index (χ0v) is 10.3. The first-order chi connectivity index (χ1) is 8.24. The third kappa shape index (κ3) is 3.09. The summed E-state index contributed by atoms with van der Waals surface area (Å²) in [4.78, 5) is 0. The monoisotopic (exact) mass is 239 g/mol. The van der Waals surface area contributed by atoms with Crippen LogP contribution < -0.4 is 14.8 Å². The van der Waals surface area contributed by atoms with Crippen LogP contribution in [0.1, 0.15) is 18.4 Å². The number of likely N-dealkylation sites (N-methyl/N-ethyl adjacent to an activating group) is 1. The molecule has 1 aromatic carbocycles. The molecular weight excluding hydrogens is 221 g/mol. The number of hydrogen-bond acceptors (Lipinski definition) is 3. The lowest BCUT2D eigenvalue weighted by molar-refractivity contribution is 0.278. The molecule has 2 rings (SSSR count). The predicted molar refractivity (Wildman–Crippen MR) is 64.2 cm³/mol. The average molecular weight is 239 g/mol. The second kappa shape index (κ2) is 5.36. The van der Waals surface area contributed by atoms with Gasteiger partial charge in [-0.15, -0.1) is 0 Å². The van der Waals surface area contributed by atoms with E-state index in [1.165, 1.54) is 19.2 Å². The van der Waals surface area contributed by atoms with Crippen molar-refractivity contribution in [2.75, 3.05) is 20.7 Å². The fourth-order valence-electron chi connectivity index (χ4n) is 1.71. The molecule has 0 aliphatic heterocycles. The minimum Gasteiger partial charge on any atom is -0.493 e. The zero-order valence-electron chi connectivity index (χ0n) is 10.3. The summed E-state index contributed by atoms with van der Waals surface area (Å²) < 4.78 is 24.4. The summed E-state index contributed by atoms with van der Waals surface area (Å²) in [5, 5.41) is 3.05. The molecule has 3 nitrogen and oxygen atoms in total. The second-order valence-electron chi connectivity index (χ2n) is 4.27. The van der Waals surface area contributed by atoms with Crippen molar-refractivity contribution in [1.82, 2.24) is 5.32 Å². The van der Waals surface area contributed by atoms with E-state index in [1.807, 2.05) is 7.05 Å². The number of benzene rings is 1. The van der Waals surface area contributed by atoms with E-state index in [0.717, 1.165) is 31.4 Å². The molecular formula is C13H18FNO2. The van der Waals surface area contributed by atoms with E-state index < -0.39 is 0 Å². The molecule has 1 N–H and O–H groups in total. The van der Waals surface area contributed by atoms with E-state index in [4.69, 9.17) is 9.47 Å². The van der Waals surface area contributed by atoms with Gasteiger partial charge in [-0.2, -0.15) is 0 Å². The first kappa shape index (κ1) is 12.2. The molecule has 1 saturated carbocycles. The first-order valence-corrected chi connectivity index (χ1v) is 5.92. The summed E-state index contributed by atoms with van der Waals surface area (Å²) in [6, 6.07) is 2.90. The van der Waals surface area contributed by atoms with Crippen LogP contribution in [0.25, 0.3) is 0 Å². The largest absolute Gasteiger partial charge is 0.493 e. The molecule has 0 saturated heterocycles. The van der Waals surface area contributed by atoms with Crippen LogP contribution in [-0.4, -0.2) is 26.8 Å². The van der Waals surface area contributed by atoms with Gasteiger partial charge in [0.1, 0.15) is 5.82 Å². The van der Waals surface area contributed by atoms with E-state index in [2.05, 4.69) is 5.32 Å². The average Bonchev–Trinajstić information content (AvgIpc) is 3.12. The van der Waals surface area contributed by atoms with Gasteiger partial charge in [-0.05, 0) is 38.9 Å². The van der Waals surface area contributed by atoms with Crippen molar-refractivity contribution in [3.05, 3.63) is 23.5 Å². The minimum atomic E-state index is -0.281. The van der Waals surface area contributed by atoms with E-state index in [-0.39, 0.29) is 11.9 Å². The van der Waals surface area contributed by atoms with Crippen molar-refractivity contribution < 1.29 is 13.9 Å². The Kier molecular flexibility index (Phi) is 3.84. The van der Waals surface area contributed by atoms with Gasteiger partial charge in [0.05, 0.1) is 13.2 Å². The fourth-order valence-corrected chi connectivity index (χ4v) is 1.71. The summed E-state index contributed by atoms with van der Waals surface area (Å²) in [6.07, 6.45) is 3.16. The molecule has 0 amide bonds. The van der Waals surface area contributed by atoms with Crippen LogP contribution >= 0.6 is 0 Å². The van der Waals surface area contributed by atoms with Crippen LogP contribution in [0.5, 0.6) is 11.5 Å². The van der Waals surface area contributed by atoms with Crippen molar-refractivity contribution in [2.24, 2.45) is 0 Å². The molecule has 4 heteroatoms.